The first-order valence-electron chi connectivity index (χ1n) is 7.22. The number of nitrogens with zero attached hydrogens (tertiary/aromatic N) is 1. The molecule has 4 heteroatoms. The highest BCUT2D eigenvalue weighted by atomic mass is 19.1. The molecule has 0 saturated heterocycles. The van der Waals surface area contributed by atoms with Gasteiger partial charge in [-0.2, -0.15) is 0 Å². The highest BCUT2D eigenvalue weighted by Crippen LogP contribution is 2.13. The minimum absolute atomic E-state index is 0.0211. The first-order valence-corrected chi connectivity index (χ1v) is 7.22. The molecule has 1 N–H and O–H groups in total. The number of methoxy groups -OCH3 is 1. The van der Waals surface area contributed by atoms with Crippen LogP contribution in [0, 0.1) is 17.7 Å². The molecule has 0 aliphatic rings. The number of aliphatic hydroxyl groups is 1. The van der Waals surface area contributed by atoms with Crippen LogP contribution in [0.2, 0.25) is 0 Å². The van der Waals surface area contributed by atoms with E-state index in [1.807, 2.05) is 6.07 Å². The van der Waals surface area contributed by atoms with E-state index < -0.39 is 0 Å². The van der Waals surface area contributed by atoms with Gasteiger partial charge in [-0.1, -0.05) is 18.8 Å². The van der Waals surface area contributed by atoms with Crippen LogP contribution < -0.4 is 0 Å². The molecule has 0 spiro atoms. The summed E-state index contributed by atoms with van der Waals surface area (Å²) < 4.78 is 18.9. The molecule has 1 unspecified atom stereocenters. The zero-order valence-corrected chi connectivity index (χ0v) is 13.0. The third kappa shape index (κ3) is 6.26. The molecule has 0 heterocycles. The molecule has 0 aliphatic heterocycles. The molecule has 0 bridgehead atoms. The quantitative estimate of drug-likeness (QED) is 0.784. The highest BCUT2D eigenvalue weighted by Gasteiger charge is 2.13. The van der Waals surface area contributed by atoms with Gasteiger partial charge in [-0.15, -0.1) is 0 Å². The molecule has 0 aromatic heterocycles. The second-order valence-corrected chi connectivity index (χ2v) is 4.99. The van der Waals surface area contributed by atoms with E-state index in [1.54, 1.807) is 13.2 Å². The first kappa shape index (κ1) is 17.6. The average molecular weight is 293 g/mol. The Hall–Kier alpha value is -1.41. The largest absolute Gasteiger partial charge is 0.395 e. The summed E-state index contributed by atoms with van der Waals surface area (Å²) in [5.41, 5.74) is 1.54. The van der Waals surface area contributed by atoms with Gasteiger partial charge in [-0.25, -0.2) is 4.39 Å². The Morgan fingerprint density at radius 1 is 1.38 bits per heavy atom. The molecule has 3 nitrogen and oxygen atoms in total. The van der Waals surface area contributed by atoms with Gasteiger partial charge in [0.15, 0.2) is 0 Å². The summed E-state index contributed by atoms with van der Waals surface area (Å²) in [4.78, 5) is 2.23. The van der Waals surface area contributed by atoms with E-state index in [-0.39, 0.29) is 18.5 Å². The lowest BCUT2D eigenvalue weighted by molar-refractivity contribution is 0.0981. The summed E-state index contributed by atoms with van der Waals surface area (Å²) in [7, 11) is 1.68. The molecule has 1 atom stereocenters. The van der Waals surface area contributed by atoms with E-state index in [0.29, 0.717) is 25.1 Å². The molecule has 0 radical (unpaired) electrons. The topological polar surface area (TPSA) is 32.7 Å². The van der Waals surface area contributed by atoms with Gasteiger partial charge in [0, 0.05) is 31.7 Å². The highest BCUT2D eigenvalue weighted by molar-refractivity contribution is 5.37. The van der Waals surface area contributed by atoms with Gasteiger partial charge in [0.2, 0.25) is 0 Å². The van der Waals surface area contributed by atoms with Crippen LogP contribution in [0.4, 0.5) is 4.39 Å². The molecule has 0 aliphatic carbocycles. The number of hydrogen-bond donors (Lipinski definition) is 1. The maximum absolute atomic E-state index is 13.7. The van der Waals surface area contributed by atoms with Crippen molar-refractivity contribution in [2.75, 3.05) is 26.9 Å². The van der Waals surface area contributed by atoms with Crippen LogP contribution in [0.25, 0.3) is 0 Å². The Morgan fingerprint density at radius 3 is 2.76 bits per heavy atom. The molecule has 0 saturated carbocycles. The Kier molecular flexibility index (Phi) is 7.99. The molecule has 1 aromatic carbocycles. The minimum Gasteiger partial charge on any atom is -0.395 e. The number of likely N-dealkylation sites (N-methyl/N-ethyl adjacent to an activating group) is 1. The average Bonchev–Trinajstić information content (AvgIpc) is 2.44. The molecule has 0 fully saturated rings. The second-order valence-electron chi connectivity index (χ2n) is 4.99. The lowest BCUT2D eigenvalue weighted by Crippen LogP contribution is -2.35. The van der Waals surface area contributed by atoms with Gasteiger partial charge in [0.05, 0.1) is 13.2 Å². The molecule has 116 valence electrons. The fourth-order valence-corrected chi connectivity index (χ4v) is 2.19. The van der Waals surface area contributed by atoms with Gasteiger partial charge in [-0.05, 0) is 37.2 Å². The summed E-state index contributed by atoms with van der Waals surface area (Å²) in [6, 6.07) is 5.13. The fourth-order valence-electron chi connectivity index (χ4n) is 2.19. The van der Waals surface area contributed by atoms with E-state index in [9.17, 15) is 4.39 Å². The first-order chi connectivity index (χ1) is 10.1. The zero-order valence-electron chi connectivity index (χ0n) is 13.0. The monoisotopic (exact) mass is 293 g/mol. The summed E-state index contributed by atoms with van der Waals surface area (Å²) in [6.07, 6.45) is 0.401. The predicted octanol–water partition coefficient (Wildman–Crippen LogP) is 2.42. The number of hydrogen-bond acceptors (Lipinski definition) is 3. The van der Waals surface area contributed by atoms with Crippen molar-refractivity contribution >= 4 is 0 Å². The van der Waals surface area contributed by atoms with Crippen LogP contribution in [-0.2, 0) is 11.3 Å². The van der Waals surface area contributed by atoms with E-state index in [2.05, 4.69) is 30.6 Å². The number of rotatable bonds is 7. The molecule has 1 aromatic rings. The molecule has 0 amide bonds. The normalized spacial score (nSPS) is 12.1. The maximum atomic E-state index is 13.7. The zero-order chi connectivity index (χ0) is 15.7. The van der Waals surface area contributed by atoms with Gasteiger partial charge >= 0.3 is 0 Å². The smallest absolute Gasteiger partial charge is 0.124 e. The fraction of sp³-hybridized carbons (Fsp3) is 0.529. The lowest BCUT2D eigenvalue weighted by Gasteiger charge is -2.27. The van der Waals surface area contributed by atoms with Crippen molar-refractivity contribution in [1.29, 1.82) is 0 Å². The van der Waals surface area contributed by atoms with E-state index in [0.717, 1.165) is 12.1 Å². The number of benzene rings is 1. The van der Waals surface area contributed by atoms with Crippen molar-refractivity contribution in [3.05, 3.63) is 35.1 Å². The Morgan fingerprint density at radius 2 is 2.14 bits per heavy atom. The van der Waals surface area contributed by atoms with Crippen molar-refractivity contribution < 1.29 is 14.2 Å². The van der Waals surface area contributed by atoms with Gasteiger partial charge in [0.1, 0.15) is 5.82 Å². The van der Waals surface area contributed by atoms with E-state index in [1.165, 1.54) is 6.07 Å². The van der Waals surface area contributed by atoms with Gasteiger partial charge in [-0.3, -0.25) is 4.90 Å². The van der Waals surface area contributed by atoms with Crippen LogP contribution >= 0.6 is 0 Å². The Balaban J connectivity index is 2.85. The van der Waals surface area contributed by atoms with Gasteiger partial charge in [0.25, 0.3) is 0 Å². The molecule has 1 rings (SSSR count). The van der Waals surface area contributed by atoms with Crippen molar-refractivity contribution in [3.8, 4) is 11.8 Å². The Labute approximate surface area is 126 Å². The molecular weight excluding hydrogens is 269 g/mol. The second kappa shape index (κ2) is 9.51. The van der Waals surface area contributed by atoms with Crippen molar-refractivity contribution in [1.82, 2.24) is 4.90 Å². The van der Waals surface area contributed by atoms with Crippen molar-refractivity contribution in [2.45, 2.75) is 32.9 Å². The van der Waals surface area contributed by atoms with Crippen LogP contribution in [0.5, 0.6) is 0 Å². The minimum atomic E-state index is -0.281. The van der Waals surface area contributed by atoms with Gasteiger partial charge < -0.3 is 9.84 Å². The van der Waals surface area contributed by atoms with Crippen LogP contribution in [0.15, 0.2) is 18.2 Å². The molecule has 21 heavy (non-hydrogen) atoms. The summed E-state index contributed by atoms with van der Waals surface area (Å²) in [5.74, 6) is 5.41. The maximum Gasteiger partial charge on any atom is 0.124 e. The third-order valence-corrected chi connectivity index (χ3v) is 3.25. The van der Waals surface area contributed by atoms with Crippen LogP contribution in [-0.4, -0.2) is 42.9 Å². The van der Waals surface area contributed by atoms with Crippen molar-refractivity contribution in [2.24, 2.45) is 0 Å². The summed E-state index contributed by atoms with van der Waals surface area (Å²) in [5, 5.41) is 8.72. The van der Waals surface area contributed by atoms with Crippen LogP contribution in [0.1, 0.15) is 31.4 Å². The SMILES string of the molecule is CCN(Cc1cc(F)cc(C#CCCO)c1)C(C)COC. The predicted molar refractivity (Wildman–Crippen MR) is 82.4 cm³/mol. The summed E-state index contributed by atoms with van der Waals surface area (Å²) >= 11 is 0. The Bertz CT molecular complexity index is 493. The molecular formula is C17H24FNO2. The lowest BCUT2D eigenvalue weighted by atomic mass is 10.1. The van der Waals surface area contributed by atoms with Crippen molar-refractivity contribution in [3.63, 3.8) is 0 Å². The summed E-state index contributed by atoms with van der Waals surface area (Å²) in [6.45, 7) is 6.36. The standard InChI is InChI=1S/C17H24FNO2/c1-4-19(14(2)13-21-3)12-16-9-15(7-5-6-8-20)10-17(18)11-16/h9-11,14,20H,4,6,8,12-13H2,1-3H3. The third-order valence-electron chi connectivity index (χ3n) is 3.25. The van der Waals surface area contributed by atoms with E-state index in [4.69, 9.17) is 9.84 Å². The number of halogens is 1. The number of ether oxygens (including phenoxy) is 1. The van der Waals surface area contributed by atoms with E-state index >= 15 is 0 Å². The van der Waals surface area contributed by atoms with Crippen LogP contribution in [0.3, 0.4) is 0 Å². The number of aliphatic hydroxyl groups excluding tert-OH is 1.